The molecule has 50 valence electrons. The normalized spacial score (nSPS) is 34.3. The van der Waals surface area contributed by atoms with E-state index in [0.29, 0.717) is 0 Å². The third kappa shape index (κ3) is 2.37. The lowest BCUT2D eigenvalue weighted by molar-refractivity contribution is 0.653. The molecule has 0 saturated carbocycles. The smallest absolute Gasteiger partial charge is 0.119 e. The van der Waals surface area contributed by atoms with Gasteiger partial charge >= 0.3 is 0 Å². The first kappa shape index (κ1) is 7.72. The van der Waals surface area contributed by atoms with Crippen LogP contribution in [0.5, 0.6) is 0 Å². The summed E-state index contributed by atoms with van der Waals surface area (Å²) in [4.78, 5) is 0. The van der Waals surface area contributed by atoms with Crippen LogP contribution in [0.3, 0.4) is 0 Å². The zero-order chi connectivity index (χ0) is 6.91. The van der Waals surface area contributed by atoms with Crippen molar-refractivity contribution in [3.8, 4) is 0 Å². The molecule has 0 N–H and O–H groups in total. The van der Waals surface area contributed by atoms with E-state index in [1.807, 2.05) is 6.08 Å². The van der Waals surface area contributed by atoms with Crippen molar-refractivity contribution in [2.24, 2.45) is 0 Å². The van der Waals surface area contributed by atoms with Crippen molar-refractivity contribution < 1.29 is 4.39 Å². The van der Waals surface area contributed by atoms with Crippen LogP contribution in [-0.2, 0) is 0 Å². The average molecular weight is 303 g/mol. The Kier molecular flexibility index (Phi) is 2.32. The van der Waals surface area contributed by atoms with E-state index < -0.39 is 0 Å². The van der Waals surface area contributed by atoms with E-state index >= 15 is 0 Å². The van der Waals surface area contributed by atoms with E-state index in [0.717, 1.165) is 6.42 Å². The molecule has 1 aliphatic carbocycles. The summed E-state index contributed by atoms with van der Waals surface area (Å²) in [5.41, 5.74) is 0. The summed E-state index contributed by atoms with van der Waals surface area (Å²) in [5, 5.41) is 0. The maximum Gasteiger partial charge on any atom is 0.119 e. The molecule has 0 aromatic carbocycles. The van der Waals surface area contributed by atoms with Crippen molar-refractivity contribution in [1.82, 2.24) is 0 Å². The maximum atomic E-state index is 12.3. The Bertz CT molecular complexity index is 172. The summed E-state index contributed by atoms with van der Waals surface area (Å²) in [6, 6.07) is 0. The zero-order valence-corrected chi connectivity index (χ0v) is 8.32. The fraction of sp³-hybridized carbons (Fsp3) is 0.333. The highest BCUT2D eigenvalue weighted by Gasteiger charge is 2.19. The van der Waals surface area contributed by atoms with Crippen LogP contribution in [0.25, 0.3) is 0 Å². The van der Waals surface area contributed by atoms with E-state index in [1.54, 1.807) is 6.08 Å². The van der Waals surface area contributed by atoms with Crippen molar-refractivity contribution in [3.05, 3.63) is 24.1 Å². The summed E-state index contributed by atoms with van der Waals surface area (Å²) in [6.45, 7) is 0. The Morgan fingerprint density at radius 2 is 2.44 bits per heavy atom. The number of rotatable bonds is 0. The number of hydrogen-bond donors (Lipinski definition) is 0. The molecular formula is C6H5BrFI. The lowest BCUT2D eigenvalue weighted by Crippen LogP contribution is -2.07. The Labute approximate surface area is 75.5 Å². The molecule has 1 rings (SSSR count). The molecule has 3 heteroatoms. The van der Waals surface area contributed by atoms with Crippen molar-refractivity contribution in [2.45, 2.75) is 8.75 Å². The van der Waals surface area contributed by atoms with Gasteiger partial charge in [0, 0.05) is 0 Å². The Morgan fingerprint density at radius 1 is 1.78 bits per heavy atom. The van der Waals surface area contributed by atoms with Crippen molar-refractivity contribution >= 4 is 38.5 Å². The van der Waals surface area contributed by atoms with Gasteiger partial charge in [-0.1, -0.05) is 44.6 Å². The van der Waals surface area contributed by atoms with Gasteiger partial charge in [0.15, 0.2) is 0 Å². The second-order valence-electron chi connectivity index (χ2n) is 1.89. The molecule has 0 aliphatic heterocycles. The highest BCUT2D eigenvalue weighted by Crippen LogP contribution is 2.36. The highest BCUT2D eigenvalue weighted by molar-refractivity contribution is 14.1. The van der Waals surface area contributed by atoms with Crippen molar-refractivity contribution in [3.63, 3.8) is 0 Å². The first-order valence-corrected chi connectivity index (χ1v) is 4.40. The van der Waals surface area contributed by atoms with Crippen LogP contribution in [0.2, 0.25) is 0 Å². The predicted octanol–water partition coefficient (Wildman–Crippen LogP) is 3.33. The number of alkyl halides is 2. The third-order valence-electron chi connectivity index (χ3n) is 1.06. The van der Waals surface area contributed by atoms with Crippen LogP contribution < -0.4 is 0 Å². The van der Waals surface area contributed by atoms with E-state index in [4.69, 9.17) is 0 Å². The minimum Gasteiger partial charge on any atom is -0.207 e. The fourth-order valence-electron chi connectivity index (χ4n) is 0.571. The van der Waals surface area contributed by atoms with Gasteiger partial charge in [-0.3, -0.25) is 0 Å². The Morgan fingerprint density at radius 3 is 2.78 bits per heavy atom. The number of halogens is 3. The SMILES string of the molecule is FC1=CCC(Br)(I)C=C1. The largest absolute Gasteiger partial charge is 0.207 e. The van der Waals surface area contributed by atoms with Crippen LogP contribution >= 0.6 is 38.5 Å². The molecular weight excluding hydrogens is 298 g/mol. The highest BCUT2D eigenvalue weighted by atomic mass is 127. The van der Waals surface area contributed by atoms with Gasteiger partial charge in [0.25, 0.3) is 0 Å². The van der Waals surface area contributed by atoms with Crippen LogP contribution in [0.15, 0.2) is 24.1 Å². The minimum absolute atomic E-state index is 0.0552. The van der Waals surface area contributed by atoms with Gasteiger partial charge in [0.2, 0.25) is 0 Å². The molecule has 9 heavy (non-hydrogen) atoms. The molecule has 0 heterocycles. The van der Waals surface area contributed by atoms with Crippen LogP contribution in [-0.4, -0.2) is 2.33 Å². The van der Waals surface area contributed by atoms with E-state index in [2.05, 4.69) is 38.5 Å². The molecule has 1 unspecified atom stereocenters. The summed E-state index contributed by atoms with van der Waals surface area (Å²) < 4.78 is 12.2. The van der Waals surface area contributed by atoms with E-state index in [9.17, 15) is 4.39 Å². The Hall–Kier alpha value is 0.620. The van der Waals surface area contributed by atoms with Gasteiger partial charge in [-0.2, -0.15) is 0 Å². The second kappa shape index (κ2) is 2.70. The zero-order valence-electron chi connectivity index (χ0n) is 4.57. The summed E-state index contributed by atoms with van der Waals surface area (Å²) in [7, 11) is 0. The molecule has 0 fully saturated rings. The number of allylic oxidation sites excluding steroid dienone is 4. The molecule has 0 aromatic heterocycles. The average Bonchev–Trinajstić information content (AvgIpc) is 1.78. The lowest BCUT2D eigenvalue weighted by Gasteiger charge is -2.15. The topological polar surface area (TPSA) is 0 Å². The molecule has 0 nitrogen and oxygen atoms in total. The fourth-order valence-corrected chi connectivity index (χ4v) is 1.27. The number of hydrogen-bond acceptors (Lipinski definition) is 0. The minimum atomic E-state index is -0.137. The van der Waals surface area contributed by atoms with Gasteiger partial charge in [-0.05, 0) is 18.6 Å². The van der Waals surface area contributed by atoms with E-state index in [-0.39, 0.29) is 8.16 Å². The molecule has 0 saturated heterocycles. The second-order valence-corrected chi connectivity index (χ2v) is 6.71. The van der Waals surface area contributed by atoms with Crippen LogP contribution in [0.4, 0.5) is 4.39 Å². The first-order valence-electron chi connectivity index (χ1n) is 2.53. The standard InChI is InChI=1S/C6H5BrFI/c7-6(9)3-1-5(8)2-4-6/h1-3H,4H2. The van der Waals surface area contributed by atoms with Crippen molar-refractivity contribution in [2.75, 3.05) is 0 Å². The molecule has 1 atom stereocenters. The monoisotopic (exact) mass is 302 g/mol. The van der Waals surface area contributed by atoms with Gasteiger partial charge < -0.3 is 0 Å². The quantitative estimate of drug-likeness (QED) is 0.476. The molecule has 1 aliphatic rings. The van der Waals surface area contributed by atoms with Crippen molar-refractivity contribution in [1.29, 1.82) is 0 Å². The molecule has 0 aromatic rings. The lowest BCUT2D eigenvalue weighted by atomic mass is 10.2. The molecule has 0 radical (unpaired) electrons. The van der Waals surface area contributed by atoms with Gasteiger partial charge in [-0.25, -0.2) is 4.39 Å². The van der Waals surface area contributed by atoms with Gasteiger partial charge in [0.1, 0.15) is 5.83 Å². The molecule has 0 amide bonds. The molecule has 0 spiro atoms. The van der Waals surface area contributed by atoms with E-state index in [1.165, 1.54) is 6.08 Å². The summed E-state index contributed by atoms with van der Waals surface area (Å²) in [6.07, 6.45) is 5.57. The first-order chi connectivity index (χ1) is 4.10. The Balaban J connectivity index is 2.70. The van der Waals surface area contributed by atoms with Crippen LogP contribution in [0, 0.1) is 0 Å². The summed E-state index contributed by atoms with van der Waals surface area (Å²) >= 11 is 5.63. The predicted molar refractivity (Wildman–Crippen MR) is 48.6 cm³/mol. The third-order valence-corrected chi connectivity index (χ3v) is 2.44. The van der Waals surface area contributed by atoms with Gasteiger partial charge in [0.05, 0.1) is 2.33 Å². The van der Waals surface area contributed by atoms with Gasteiger partial charge in [-0.15, -0.1) is 0 Å². The van der Waals surface area contributed by atoms with Crippen LogP contribution in [0.1, 0.15) is 6.42 Å². The summed E-state index contributed by atoms with van der Waals surface area (Å²) in [5.74, 6) is -0.137. The molecule has 0 bridgehead atoms. The maximum absolute atomic E-state index is 12.3.